The molecule has 18 heavy (non-hydrogen) atoms. The summed E-state index contributed by atoms with van der Waals surface area (Å²) < 4.78 is 0. The molecule has 3 N–H and O–H groups in total. The van der Waals surface area contributed by atoms with Crippen molar-refractivity contribution < 1.29 is 4.79 Å². The summed E-state index contributed by atoms with van der Waals surface area (Å²) in [5.74, 6) is 5.59. The fourth-order valence-electron chi connectivity index (χ4n) is 2.23. The summed E-state index contributed by atoms with van der Waals surface area (Å²) in [6.45, 7) is 1.87. The number of hydrazine groups is 1. The van der Waals surface area contributed by atoms with Gasteiger partial charge in [0.2, 0.25) is 0 Å². The van der Waals surface area contributed by atoms with E-state index in [2.05, 4.69) is 22.4 Å². The van der Waals surface area contributed by atoms with Gasteiger partial charge in [0, 0.05) is 13.1 Å². The Kier molecular flexibility index (Phi) is 4.28. The highest BCUT2D eigenvalue weighted by Crippen LogP contribution is 2.26. The fraction of sp³-hybridized carbons (Fsp3) is 0.538. The summed E-state index contributed by atoms with van der Waals surface area (Å²) in [6.07, 6.45) is 4.05. The zero-order chi connectivity index (χ0) is 13.0. The number of nitrogens with one attached hydrogen (secondary N) is 1. The van der Waals surface area contributed by atoms with E-state index in [9.17, 15) is 4.79 Å². The number of nitrogens with two attached hydrogens (primary N) is 1. The van der Waals surface area contributed by atoms with Gasteiger partial charge in [0.05, 0.1) is 5.69 Å². The Hall–Kier alpha value is -1.46. The molecule has 5 heteroatoms. The number of hydrogen-bond donors (Lipinski definition) is 2. The van der Waals surface area contributed by atoms with E-state index in [0.29, 0.717) is 5.69 Å². The maximum absolute atomic E-state index is 11.4. The van der Waals surface area contributed by atoms with Crippen molar-refractivity contribution in [1.82, 2.24) is 15.3 Å². The molecule has 2 rings (SSSR count). The van der Waals surface area contributed by atoms with Crippen LogP contribution in [0.1, 0.15) is 35.4 Å². The average Bonchev–Trinajstić information content (AvgIpc) is 2.33. The van der Waals surface area contributed by atoms with Crippen LogP contribution in [0.3, 0.4) is 0 Å². The van der Waals surface area contributed by atoms with Crippen LogP contribution < -0.4 is 11.3 Å². The van der Waals surface area contributed by atoms with Gasteiger partial charge in [0.15, 0.2) is 0 Å². The van der Waals surface area contributed by atoms with E-state index in [1.165, 1.54) is 19.3 Å². The van der Waals surface area contributed by atoms with Crippen molar-refractivity contribution in [3.05, 3.63) is 29.6 Å². The van der Waals surface area contributed by atoms with Gasteiger partial charge in [0.1, 0.15) is 5.69 Å². The quantitative estimate of drug-likeness (QED) is 0.462. The number of nitrogens with zero attached hydrogens (tertiary/aromatic N) is 2. The molecule has 1 aromatic rings. The maximum Gasteiger partial charge on any atom is 0.283 e. The van der Waals surface area contributed by atoms with Crippen LogP contribution in [0, 0.1) is 5.92 Å². The molecule has 0 aliphatic heterocycles. The lowest BCUT2D eigenvalue weighted by Crippen LogP contribution is -2.31. The first-order valence-corrected chi connectivity index (χ1v) is 6.34. The Labute approximate surface area is 107 Å². The van der Waals surface area contributed by atoms with E-state index in [1.807, 2.05) is 12.1 Å². The molecule has 1 heterocycles. The molecule has 0 bridgehead atoms. The number of carbonyl (C=O) groups excluding carboxylic acids is 1. The molecular formula is C13H20N4O. The molecule has 1 aliphatic rings. The first kappa shape index (κ1) is 13.0. The highest BCUT2D eigenvalue weighted by molar-refractivity contribution is 5.91. The lowest BCUT2D eigenvalue weighted by Gasteiger charge is -2.29. The smallest absolute Gasteiger partial charge is 0.283 e. The van der Waals surface area contributed by atoms with Crippen LogP contribution in [0.2, 0.25) is 0 Å². The molecule has 5 nitrogen and oxygen atoms in total. The molecule has 0 aromatic carbocycles. The van der Waals surface area contributed by atoms with Gasteiger partial charge in [-0.3, -0.25) is 10.2 Å². The molecule has 1 saturated carbocycles. The minimum atomic E-state index is -0.349. The molecule has 98 valence electrons. The molecule has 1 fully saturated rings. The molecule has 0 unspecified atom stereocenters. The van der Waals surface area contributed by atoms with E-state index < -0.39 is 0 Å². The number of hydrogen-bond acceptors (Lipinski definition) is 4. The van der Waals surface area contributed by atoms with E-state index in [1.54, 1.807) is 6.07 Å². The fourth-order valence-corrected chi connectivity index (χ4v) is 2.23. The Balaban J connectivity index is 1.93. The maximum atomic E-state index is 11.4. The van der Waals surface area contributed by atoms with Gasteiger partial charge in [-0.2, -0.15) is 0 Å². The number of amides is 1. The standard InChI is InChI=1S/C13H20N4O/c1-17(8-10-4-2-5-10)9-11-6-3-7-12(15-11)13(18)16-14/h3,6-7,10H,2,4-5,8-9,14H2,1H3,(H,16,18). The van der Waals surface area contributed by atoms with Gasteiger partial charge >= 0.3 is 0 Å². The van der Waals surface area contributed by atoms with Crippen molar-refractivity contribution >= 4 is 5.91 Å². The third-order valence-corrected chi connectivity index (χ3v) is 3.40. The first-order valence-electron chi connectivity index (χ1n) is 6.34. The molecule has 1 amide bonds. The zero-order valence-corrected chi connectivity index (χ0v) is 10.7. The third kappa shape index (κ3) is 3.27. The topological polar surface area (TPSA) is 71.2 Å². The second-order valence-electron chi connectivity index (χ2n) is 4.98. The van der Waals surface area contributed by atoms with Crippen LogP contribution in [0.15, 0.2) is 18.2 Å². The van der Waals surface area contributed by atoms with Crippen molar-refractivity contribution in [3.8, 4) is 0 Å². The molecule has 0 atom stereocenters. The zero-order valence-electron chi connectivity index (χ0n) is 10.7. The first-order chi connectivity index (χ1) is 8.69. The molecular weight excluding hydrogens is 228 g/mol. The van der Waals surface area contributed by atoms with E-state index in [0.717, 1.165) is 24.7 Å². The van der Waals surface area contributed by atoms with Crippen molar-refractivity contribution in [2.45, 2.75) is 25.8 Å². The highest BCUT2D eigenvalue weighted by Gasteiger charge is 2.19. The average molecular weight is 248 g/mol. The molecule has 1 aromatic heterocycles. The van der Waals surface area contributed by atoms with Gasteiger partial charge < -0.3 is 4.90 Å². The lowest BCUT2D eigenvalue weighted by atomic mass is 9.85. The molecule has 0 saturated heterocycles. The van der Waals surface area contributed by atoms with Gasteiger partial charge in [-0.1, -0.05) is 12.5 Å². The third-order valence-electron chi connectivity index (χ3n) is 3.40. The summed E-state index contributed by atoms with van der Waals surface area (Å²) in [4.78, 5) is 17.9. The van der Waals surface area contributed by atoms with Crippen molar-refractivity contribution in [2.75, 3.05) is 13.6 Å². The molecule has 0 radical (unpaired) electrons. The van der Waals surface area contributed by atoms with Crippen molar-refractivity contribution in [3.63, 3.8) is 0 Å². The normalized spacial score (nSPS) is 15.5. The summed E-state index contributed by atoms with van der Waals surface area (Å²) in [6, 6.07) is 5.44. The van der Waals surface area contributed by atoms with E-state index in [-0.39, 0.29) is 5.91 Å². The number of nitrogen functional groups attached to an aromatic ring is 1. The number of aromatic nitrogens is 1. The highest BCUT2D eigenvalue weighted by atomic mass is 16.2. The molecule has 0 spiro atoms. The van der Waals surface area contributed by atoms with Crippen LogP contribution in [0.25, 0.3) is 0 Å². The summed E-state index contributed by atoms with van der Waals surface area (Å²) in [7, 11) is 2.09. The SMILES string of the molecule is CN(Cc1cccc(C(=O)NN)n1)CC1CCC1. The Bertz CT molecular complexity index is 417. The Morgan fingerprint density at radius 1 is 1.56 bits per heavy atom. The van der Waals surface area contributed by atoms with Crippen molar-refractivity contribution in [1.29, 1.82) is 0 Å². The van der Waals surface area contributed by atoms with Crippen LogP contribution >= 0.6 is 0 Å². The van der Waals surface area contributed by atoms with Gasteiger partial charge in [-0.15, -0.1) is 0 Å². The summed E-state index contributed by atoms with van der Waals surface area (Å²) >= 11 is 0. The van der Waals surface area contributed by atoms with Crippen LogP contribution in [-0.4, -0.2) is 29.4 Å². The largest absolute Gasteiger partial charge is 0.300 e. The van der Waals surface area contributed by atoms with Gasteiger partial charge in [-0.25, -0.2) is 10.8 Å². The van der Waals surface area contributed by atoms with Crippen LogP contribution in [-0.2, 0) is 6.54 Å². The minimum Gasteiger partial charge on any atom is -0.300 e. The summed E-state index contributed by atoms with van der Waals surface area (Å²) in [5.41, 5.74) is 3.37. The van der Waals surface area contributed by atoms with Crippen LogP contribution in [0.4, 0.5) is 0 Å². The monoisotopic (exact) mass is 248 g/mol. The Morgan fingerprint density at radius 3 is 2.94 bits per heavy atom. The lowest BCUT2D eigenvalue weighted by molar-refractivity contribution is 0.0948. The summed E-state index contributed by atoms with van der Waals surface area (Å²) in [5, 5.41) is 0. The van der Waals surface area contributed by atoms with Gasteiger partial charge in [-0.05, 0) is 37.9 Å². The van der Waals surface area contributed by atoms with E-state index >= 15 is 0 Å². The second-order valence-corrected chi connectivity index (χ2v) is 4.98. The number of carbonyl (C=O) groups is 1. The molecule has 1 aliphatic carbocycles. The number of rotatable bonds is 5. The second kappa shape index (κ2) is 5.93. The van der Waals surface area contributed by atoms with Gasteiger partial charge in [0.25, 0.3) is 5.91 Å². The predicted octanol–water partition coefficient (Wildman–Crippen LogP) is 0.917. The number of pyridine rings is 1. The minimum absolute atomic E-state index is 0.349. The van der Waals surface area contributed by atoms with E-state index in [4.69, 9.17) is 5.84 Å². The van der Waals surface area contributed by atoms with Crippen LogP contribution in [0.5, 0.6) is 0 Å². The van der Waals surface area contributed by atoms with Crippen molar-refractivity contribution in [2.24, 2.45) is 11.8 Å². The predicted molar refractivity (Wildman–Crippen MR) is 69.6 cm³/mol. The Morgan fingerprint density at radius 2 is 2.33 bits per heavy atom.